The first-order valence-electron chi connectivity index (χ1n) is 6.61. The molecule has 2 unspecified atom stereocenters. The van der Waals surface area contributed by atoms with Crippen molar-refractivity contribution in [3.63, 3.8) is 0 Å². The highest BCUT2D eigenvalue weighted by molar-refractivity contribution is 6.00. The zero-order valence-corrected chi connectivity index (χ0v) is 11.1. The van der Waals surface area contributed by atoms with E-state index in [1.165, 1.54) is 12.1 Å². The number of hydrogen-bond donors (Lipinski definition) is 2. The molecule has 0 heterocycles. The normalized spacial score (nSPS) is 21.6. The Labute approximate surface area is 115 Å². The number of para-hydroxylation sites is 1. The number of rotatable bonds is 4. The largest absolute Gasteiger partial charge is 0.418 e. The minimum atomic E-state index is -4.55. The van der Waals surface area contributed by atoms with Gasteiger partial charge in [-0.2, -0.15) is 13.2 Å². The number of nitrogens with one attached hydrogen (secondary N) is 1. The third-order valence-corrected chi connectivity index (χ3v) is 3.55. The molecule has 0 bridgehead atoms. The Kier molecular flexibility index (Phi) is 3.92. The monoisotopic (exact) mass is 286 g/mol. The fourth-order valence-electron chi connectivity index (χ4n) is 2.37. The van der Waals surface area contributed by atoms with Gasteiger partial charge < -0.3 is 11.1 Å². The number of hydrogen-bond acceptors (Lipinski definition) is 2. The predicted octanol–water partition coefficient (Wildman–Crippen LogP) is 3.21. The number of nitrogen functional groups attached to an aromatic ring is 1. The van der Waals surface area contributed by atoms with Gasteiger partial charge in [0.15, 0.2) is 0 Å². The van der Waals surface area contributed by atoms with Crippen LogP contribution in [0.4, 0.5) is 18.9 Å². The molecular weight excluding hydrogens is 269 g/mol. The smallest absolute Gasteiger partial charge is 0.398 e. The van der Waals surface area contributed by atoms with Gasteiger partial charge in [0.1, 0.15) is 0 Å². The van der Waals surface area contributed by atoms with Crippen molar-refractivity contribution in [2.75, 3.05) is 5.73 Å². The van der Waals surface area contributed by atoms with Gasteiger partial charge in [0.25, 0.3) is 5.91 Å². The van der Waals surface area contributed by atoms with Crippen LogP contribution in [0.5, 0.6) is 0 Å². The maximum Gasteiger partial charge on any atom is 0.418 e. The van der Waals surface area contributed by atoms with Crippen molar-refractivity contribution in [1.29, 1.82) is 0 Å². The van der Waals surface area contributed by atoms with E-state index in [2.05, 4.69) is 12.2 Å². The van der Waals surface area contributed by atoms with Crippen molar-refractivity contribution in [1.82, 2.24) is 5.32 Å². The molecule has 1 fully saturated rings. The second-order valence-electron chi connectivity index (χ2n) is 5.13. The first-order chi connectivity index (χ1) is 9.34. The Morgan fingerprint density at radius 2 is 2.15 bits per heavy atom. The fourth-order valence-corrected chi connectivity index (χ4v) is 2.37. The summed E-state index contributed by atoms with van der Waals surface area (Å²) >= 11 is 0. The lowest BCUT2D eigenvalue weighted by Gasteiger charge is -2.13. The fraction of sp³-hybridized carbons (Fsp3) is 0.500. The second kappa shape index (κ2) is 5.34. The van der Waals surface area contributed by atoms with Gasteiger partial charge in [-0.15, -0.1) is 0 Å². The van der Waals surface area contributed by atoms with Gasteiger partial charge in [0.2, 0.25) is 0 Å². The number of benzene rings is 1. The minimum Gasteiger partial charge on any atom is -0.398 e. The quantitative estimate of drug-likeness (QED) is 0.835. The number of halogens is 3. The molecule has 20 heavy (non-hydrogen) atoms. The van der Waals surface area contributed by atoms with Crippen LogP contribution < -0.4 is 11.1 Å². The number of carbonyl (C=O) groups is 1. The molecule has 0 radical (unpaired) electrons. The highest BCUT2D eigenvalue weighted by Crippen LogP contribution is 2.37. The number of nitrogens with two attached hydrogens (primary N) is 1. The summed E-state index contributed by atoms with van der Waals surface area (Å²) < 4.78 is 38.2. The Morgan fingerprint density at radius 3 is 2.75 bits per heavy atom. The van der Waals surface area contributed by atoms with Gasteiger partial charge in [-0.05, 0) is 30.9 Å². The summed E-state index contributed by atoms with van der Waals surface area (Å²) in [7, 11) is 0. The van der Waals surface area contributed by atoms with Crippen molar-refractivity contribution in [3.05, 3.63) is 29.3 Å². The number of amides is 1. The molecule has 1 amide bonds. The van der Waals surface area contributed by atoms with Gasteiger partial charge >= 0.3 is 6.18 Å². The zero-order chi connectivity index (χ0) is 14.9. The summed E-state index contributed by atoms with van der Waals surface area (Å²) in [4.78, 5) is 12.0. The third kappa shape index (κ3) is 3.05. The van der Waals surface area contributed by atoms with Gasteiger partial charge in [-0.3, -0.25) is 4.79 Å². The predicted molar refractivity (Wildman–Crippen MR) is 70.1 cm³/mol. The SMILES string of the molecule is CCCC1CC1NC(=O)c1cccc(C(F)(F)F)c1N. The van der Waals surface area contributed by atoms with Gasteiger partial charge in [-0.1, -0.05) is 19.4 Å². The molecule has 3 nitrogen and oxygen atoms in total. The first-order valence-corrected chi connectivity index (χ1v) is 6.61. The highest BCUT2D eigenvalue weighted by Gasteiger charge is 2.38. The van der Waals surface area contributed by atoms with Crippen LogP contribution in [0.1, 0.15) is 42.1 Å². The van der Waals surface area contributed by atoms with E-state index < -0.39 is 23.3 Å². The maximum absolute atomic E-state index is 12.7. The Bertz CT molecular complexity index is 514. The molecule has 0 aliphatic heterocycles. The molecule has 2 rings (SSSR count). The summed E-state index contributed by atoms with van der Waals surface area (Å²) in [6.07, 6.45) is -1.62. The third-order valence-electron chi connectivity index (χ3n) is 3.55. The molecule has 2 atom stereocenters. The maximum atomic E-state index is 12.7. The first kappa shape index (κ1) is 14.7. The molecule has 1 aromatic rings. The van der Waals surface area contributed by atoms with Crippen LogP contribution in [0.3, 0.4) is 0 Å². The Morgan fingerprint density at radius 1 is 1.45 bits per heavy atom. The van der Waals surface area contributed by atoms with Crippen LogP contribution in [0, 0.1) is 5.92 Å². The molecule has 1 aliphatic carbocycles. The molecule has 6 heteroatoms. The van der Waals surface area contributed by atoms with E-state index in [9.17, 15) is 18.0 Å². The van der Waals surface area contributed by atoms with E-state index >= 15 is 0 Å². The molecule has 0 saturated heterocycles. The average Bonchev–Trinajstić information content (AvgIpc) is 3.06. The molecule has 1 aliphatic rings. The van der Waals surface area contributed by atoms with Crippen LogP contribution in [0.2, 0.25) is 0 Å². The molecule has 110 valence electrons. The molecule has 1 aromatic carbocycles. The minimum absolute atomic E-state index is 0.0661. The Hall–Kier alpha value is -1.72. The van der Waals surface area contributed by atoms with Crippen LogP contribution >= 0.6 is 0 Å². The van der Waals surface area contributed by atoms with Gasteiger partial charge in [0.05, 0.1) is 16.8 Å². The van der Waals surface area contributed by atoms with E-state index in [-0.39, 0.29) is 11.6 Å². The average molecular weight is 286 g/mol. The van der Waals surface area contributed by atoms with Crippen molar-refractivity contribution in [2.24, 2.45) is 5.92 Å². The second-order valence-corrected chi connectivity index (χ2v) is 5.13. The highest BCUT2D eigenvalue weighted by atomic mass is 19.4. The molecule has 1 saturated carbocycles. The lowest BCUT2D eigenvalue weighted by atomic mass is 10.1. The number of alkyl halides is 3. The standard InChI is InChI=1S/C14H17F3N2O/c1-2-4-8-7-11(8)19-13(20)9-5-3-6-10(12(9)18)14(15,16)17/h3,5-6,8,11H,2,4,7,18H2,1H3,(H,19,20). The molecule has 0 aromatic heterocycles. The molecule has 3 N–H and O–H groups in total. The summed E-state index contributed by atoms with van der Waals surface area (Å²) in [6.45, 7) is 2.06. The summed E-state index contributed by atoms with van der Waals surface area (Å²) in [5, 5.41) is 2.74. The lowest BCUT2D eigenvalue weighted by Crippen LogP contribution is -2.28. The topological polar surface area (TPSA) is 55.1 Å². The van der Waals surface area contributed by atoms with Crippen molar-refractivity contribution >= 4 is 11.6 Å². The molecular formula is C14H17F3N2O. The van der Waals surface area contributed by atoms with E-state index in [1.807, 2.05) is 0 Å². The van der Waals surface area contributed by atoms with E-state index in [0.29, 0.717) is 5.92 Å². The van der Waals surface area contributed by atoms with Crippen LogP contribution in [-0.2, 0) is 6.18 Å². The Balaban J connectivity index is 2.11. The van der Waals surface area contributed by atoms with E-state index in [1.54, 1.807) is 0 Å². The van der Waals surface area contributed by atoms with Gasteiger partial charge in [-0.25, -0.2) is 0 Å². The van der Waals surface area contributed by atoms with Crippen molar-refractivity contribution in [3.8, 4) is 0 Å². The summed E-state index contributed by atoms with van der Waals surface area (Å²) in [5.41, 5.74) is 3.89. The van der Waals surface area contributed by atoms with E-state index in [0.717, 1.165) is 25.3 Å². The summed E-state index contributed by atoms with van der Waals surface area (Å²) in [5.74, 6) is -0.0897. The van der Waals surface area contributed by atoms with Crippen LogP contribution in [0.25, 0.3) is 0 Å². The van der Waals surface area contributed by atoms with E-state index in [4.69, 9.17) is 5.73 Å². The lowest BCUT2D eigenvalue weighted by molar-refractivity contribution is -0.136. The van der Waals surface area contributed by atoms with Crippen molar-refractivity contribution < 1.29 is 18.0 Å². The summed E-state index contributed by atoms with van der Waals surface area (Å²) in [6, 6.07) is 3.46. The number of carbonyl (C=O) groups excluding carboxylic acids is 1. The van der Waals surface area contributed by atoms with Crippen LogP contribution in [-0.4, -0.2) is 11.9 Å². The van der Waals surface area contributed by atoms with Gasteiger partial charge in [0, 0.05) is 6.04 Å². The molecule has 0 spiro atoms. The zero-order valence-electron chi connectivity index (χ0n) is 11.1. The number of anilines is 1. The van der Waals surface area contributed by atoms with Crippen LogP contribution in [0.15, 0.2) is 18.2 Å². The van der Waals surface area contributed by atoms with Crippen molar-refractivity contribution in [2.45, 2.75) is 38.4 Å².